The maximum Gasteiger partial charge on any atom is 0.260 e. The third-order valence-electron chi connectivity index (χ3n) is 5.91. The first-order valence-electron chi connectivity index (χ1n) is 11.9. The van der Waals surface area contributed by atoms with Crippen LogP contribution in [0.25, 0.3) is 5.69 Å². The summed E-state index contributed by atoms with van der Waals surface area (Å²) < 4.78 is 7.03. The van der Waals surface area contributed by atoms with Gasteiger partial charge in [-0.05, 0) is 80.4 Å². The highest BCUT2D eigenvalue weighted by Gasteiger charge is 2.20. The van der Waals surface area contributed by atoms with Gasteiger partial charge in [0.15, 0.2) is 6.29 Å². The maximum atomic E-state index is 12.1. The Bertz CT molecular complexity index is 1260. The van der Waals surface area contributed by atoms with E-state index in [1.54, 1.807) is 6.08 Å². The molecule has 1 aromatic heterocycles. The van der Waals surface area contributed by atoms with E-state index in [0.29, 0.717) is 36.5 Å². The number of hydrogen-bond acceptors (Lipinski definition) is 8. The highest BCUT2D eigenvalue weighted by Crippen LogP contribution is 2.27. The number of aldehydes is 2. The maximum absolute atomic E-state index is 12.1. The van der Waals surface area contributed by atoms with Gasteiger partial charge in [0.05, 0.1) is 12.3 Å². The van der Waals surface area contributed by atoms with Crippen LogP contribution < -0.4 is 25.3 Å². The number of allylic oxidation sites excluding steroid dienone is 3. The highest BCUT2D eigenvalue weighted by molar-refractivity contribution is 5.77. The summed E-state index contributed by atoms with van der Waals surface area (Å²) in [4.78, 5) is 31.6. The van der Waals surface area contributed by atoms with Gasteiger partial charge in [-0.15, -0.1) is 5.10 Å². The standard InChI is InChI=1S/C28H33N5O4/c1-5-36-24-12-9-22(10-13-24)33-27(20-35)25(28(30-33)37-29)15-17-31(3)23-11-14-26(21(2)19-23)32(4)16-7-6-8-18-34/h6-14,16,18-20H,5,15,17,29H2,1-4H3/b8-6-,16-7-. The van der Waals surface area contributed by atoms with Gasteiger partial charge in [-0.2, -0.15) is 5.90 Å². The van der Waals surface area contributed by atoms with Gasteiger partial charge >= 0.3 is 0 Å². The number of aryl methyl sites for hydroxylation is 1. The van der Waals surface area contributed by atoms with Crippen LogP contribution in [0, 0.1) is 6.92 Å². The molecule has 0 saturated carbocycles. The SMILES string of the molecule is CCOc1ccc(-n2nc(ON)c(CCN(C)c3ccc(N(C)/C=C\C=C/C=O)c(C)c3)c2C=O)cc1. The molecule has 0 fully saturated rings. The minimum atomic E-state index is 0.216. The van der Waals surface area contributed by atoms with Gasteiger partial charge in [0, 0.05) is 43.8 Å². The summed E-state index contributed by atoms with van der Waals surface area (Å²) in [6.45, 7) is 5.14. The van der Waals surface area contributed by atoms with Crippen LogP contribution >= 0.6 is 0 Å². The first kappa shape index (κ1) is 27.2. The van der Waals surface area contributed by atoms with E-state index in [2.05, 4.69) is 16.1 Å². The summed E-state index contributed by atoms with van der Waals surface area (Å²) in [6, 6.07) is 13.5. The Kier molecular flexibility index (Phi) is 9.62. The molecular weight excluding hydrogens is 470 g/mol. The second-order valence-electron chi connectivity index (χ2n) is 8.36. The fourth-order valence-corrected chi connectivity index (χ4v) is 3.99. The molecule has 0 aliphatic carbocycles. The molecule has 2 N–H and O–H groups in total. The van der Waals surface area contributed by atoms with Crippen molar-refractivity contribution in [2.75, 3.05) is 37.0 Å². The Morgan fingerprint density at radius 2 is 1.81 bits per heavy atom. The second kappa shape index (κ2) is 13.1. The van der Waals surface area contributed by atoms with Gasteiger partial charge in [-0.3, -0.25) is 9.59 Å². The van der Waals surface area contributed by atoms with E-state index in [-0.39, 0.29) is 5.88 Å². The number of aromatic nitrogens is 2. The number of carbonyl (C=O) groups is 2. The number of ether oxygens (including phenoxy) is 1. The number of carbonyl (C=O) groups excluding carboxylic acids is 2. The van der Waals surface area contributed by atoms with Crippen LogP contribution in [-0.4, -0.2) is 49.6 Å². The van der Waals surface area contributed by atoms with Gasteiger partial charge in [0.25, 0.3) is 5.88 Å². The largest absolute Gasteiger partial charge is 0.494 e. The number of anilines is 2. The second-order valence-corrected chi connectivity index (χ2v) is 8.36. The van der Waals surface area contributed by atoms with Crippen molar-refractivity contribution in [3.05, 3.63) is 83.7 Å². The fraction of sp³-hybridized carbons (Fsp3) is 0.250. The topological polar surface area (TPSA) is 103 Å². The monoisotopic (exact) mass is 503 g/mol. The van der Waals surface area contributed by atoms with Crippen molar-refractivity contribution in [1.82, 2.24) is 9.78 Å². The molecule has 0 unspecified atom stereocenters. The van der Waals surface area contributed by atoms with E-state index in [9.17, 15) is 9.59 Å². The van der Waals surface area contributed by atoms with Gasteiger partial charge in [0.1, 0.15) is 17.7 Å². The molecule has 0 aliphatic rings. The number of hydrogen-bond donors (Lipinski definition) is 1. The zero-order valence-electron chi connectivity index (χ0n) is 21.6. The first-order chi connectivity index (χ1) is 17.9. The molecule has 0 spiro atoms. The van der Waals surface area contributed by atoms with E-state index in [1.807, 2.05) is 81.5 Å². The van der Waals surface area contributed by atoms with Gasteiger partial charge in [-0.25, -0.2) is 4.68 Å². The van der Waals surface area contributed by atoms with E-state index in [4.69, 9.17) is 15.5 Å². The van der Waals surface area contributed by atoms with Crippen LogP contribution in [0.2, 0.25) is 0 Å². The molecule has 0 saturated heterocycles. The van der Waals surface area contributed by atoms with Crippen molar-refractivity contribution < 1.29 is 19.2 Å². The minimum Gasteiger partial charge on any atom is -0.494 e. The molecule has 9 heteroatoms. The van der Waals surface area contributed by atoms with Crippen LogP contribution in [0.4, 0.5) is 11.4 Å². The molecule has 3 rings (SSSR count). The lowest BCUT2D eigenvalue weighted by atomic mass is 10.1. The van der Waals surface area contributed by atoms with Crippen molar-refractivity contribution in [2.45, 2.75) is 20.3 Å². The zero-order valence-corrected chi connectivity index (χ0v) is 21.6. The predicted octanol–water partition coefficient (Wildman–Crippen LogP) is 4.03. The summed E-state index contributed by atoms with van der Waals surface area (Å²) >= 11 is 0. The van der Waals surface area contributed by atoms with Crippen LogP contribution in [0.15, 0.2) is 66.9 Å². The molecular formula is C28H33N5O4. The third-order valence-corrected chi connectivity index (χ3v) is 5.91. The van der Waals surface area contributed by atoms with Gasteiger partial charge in [0.2, 0.25) is 0 Å². The Labute approximate surface area is 217 Å². The summed E-state index contributed by atoms with van der Waals surface area (Å²) in [5.41, 5.74) is 4.91. The molecule has 0 aliphatic heterocycles. The summed E-state index contributed by atoms with van der Waals surface area (Å²) in [7, 11) is 3.94. The van der Waals surface area contributed by atoms with Crippen LogP contribution in [0.1, 0.15) is 28.5 Å². The number of benzene rings is 2. The smallest absolute Gasteiger partial charge is 0.260 e. The number of rotatable bonds is 13. The Balaban J connectivity index is 1.77. The molecule has 9 nitrogen and oxygen atoms in total. The highest BCUT2D eigenvalue weighted by atomic mass is 16.6. The Morgan fingerprint density at radius 3 is 2.43 bits per heavy atom. The third kappa shape index (κ3) is 6.65. The number of likely N-dealkylation sites (N-methyl/N-ethyl adjacent to an activating group) is 1. The lowest BCUT2D eigenvalue weighted by Crippen LogP contribution is -2.21. The number of nitrogens with two attached hydrogens (primary N) is 1. The Hall–Kier alpha value is -4.37. The van der Waals surface area contributed by atoms with E-state index in [1.165, 1.54) is 10.8 Å². The molecule has 1 heterocycles. The summed E-state index contributed by atoms with van der Waals surface area (Å²) in [5.74, 6) is 6.46. The lowest BCUT2D eigenvalue weighted by Gasteiger charge is -2.23. The van der Waals surface area contributed by atoms with Crippen molar-refractivity contribution >= 4 is 23.9 Å². The average Bonchev–Trinajstić information content (AvgIpc) is 3.27. The molecule has 194 valence electrons. The quantitative estimate of drug-likeness (QED) is 0.161. The van der Waals surface area contributed by atoms with E-state index >= 15 is 0 Å². The van der Waals surface area contributed by atoms with Crippen LogP contribution in [0.3, 0.4) is 0 Å². The normalized spacial score (nSPS) is 11.2. The molecule has 0 amide bonds. The molecule has 3 aromatic rings. The minimum absolute atomic E-state index is 0.216. The van der Waals surface area contributed by atoms with Crippen molar-refractivity contribution in [3.8, 4) is 17.3 Å². The van der Waals surface area contributed by atoms with Gasteiger partial charge < -0.3 is 19.4 Å². The zero-order chi connectivity index (χ0) is 26.8. The van der Waals surface area contributed by atoms with Gasteiger partial charge in [-0.1, -0.05) is 6.08 Å². The molecule has 37 heavy (non-hydrogen) atoms. The predicted molar refractivity (Wildman–Crippen MR) is 146 cm³/mol. The molecule has 0 atom stereocenters. The molecule has 2 aromatic carbocycles. The first-order valence-corrected chi connectivity index (χ1v) is 11.9. The lowest BCUT2D eigenvalue weighted by molar-refractivity contribution is -0.104. The van der Waals surface area contributed by atoms with Crippen molar-refractivity contribution in [3.63, 3.8) is 0 Å². The van der Waals surface area contributed by atoms with E-state index < -0.39 is 0 Å². The number of nitrogens with zero attached hydrogens (tertiary/aromatic N) is 4. The molecule has 0 bridgehead atoms. The average molecular weight is 504 g/mol. The van der Waals surface area contributed by atoms with Crippen LogP contribution in [-0.2, 0) is 11.2 Å². The van der Waals surface area contributed by atoms with E-state index in [0.717, 1.165) is 35.3 Å². The summed E-state index contributed by atoms with van der Waals surface area (Å²) in [6.07, 6.45) is 8.84. The van der Waals surface area contributed by atoms with Crippen LogP contribution in [0.5, 0.6) is 11.6 Å². The molecule has 0 radical (unpaired) electrons. The Morgan fingerprint density at radius 1 is 1.05 bits per heavy atom. The van der Waals surface area contributed by atoms with Crippen molar-refractivity contribution in [1.29, 1.82) is 0 Å². The fourth-order valence-electron chi connectivity index (χ4n) is 3.99. The van der Waals surface area contributed by atoms with Crippen molar-refractivity contribution in [2.24, 2.45) is 5.90 Å². The summed E-state index contributed by atoms with van der Waals surface area (Å²) in [5, 5.41) is 4.42.